The van der Waals surface area contributed by atoms with Gasteiger partial charge in [0, 0.05) is 6.04 Å². The zero-order chi connectivity index (χ0) is 12.3. The largest absolute Gasteiger partial charge is 0.493 e. The van der Waals surface area contributed by atoms with Crippen LogP contribution in [0.15, 0.2) is 18.2 Å². The van der Waals surface area contributed by atoms with Crippen molar-refractivity contribution in [3.63, 3.8) is 0 Å². The van der Waals surface area contributed by atoms with Crippen LogP contribution in [-0.4, -0.2) is 13.2 Å². The second kappa shape index (κ2) is 5.41. The summed E-state index contributed by atoms with van der Waals surface area (Å²) in [6.45, 7) is 1.96. The smallest absolute Gasteiger partial charge is 0.161 e. The zero-order valence-electron chi connectivity index (χ0n) is 10.6. The SMILES string of the molecule is COc1cc([C@H](C)N)ccc1OC1CCCC1. The predicted molar refractivity (Wildman–Crippen MR) is 68.5 cm³/mol. The van der Waals surface area contributed by atoms with Gasteiger partial charge >= 0.3 is 0 Å². The highest BCUT2D eigenvalue weighted by Crippen LogP contribution is 2.33. The fraction of sp³-hybridized carbons (Fsp3) is 0.571. The molecule has 94 valence electrons. The molecular weight excluding hydrogens is 214 g/mol. The topological polar surface area (TPSA) is 44.5 Å². The van der Waals surface area contributed by atoms with Gasteiger partial charge < -0.3 is 15.2 Å². The summed E-state index contributed by atoms with van der Waals surface area (Å²) in [4.78, 5) is 0. The first-order valence-corrected chi connectivity index (χ1v) is 6.31. The Balaban J connectivity index is 2.15. The molecule has 2 rings (SSSR count). The number of nitrogens with two attached hydrogens (primary N) is 1. The summed E-state index contributed by atoms with van der Waals surface area (Å²) in [6.07, 6.45) is 5.19. The second-order valence-corrected chi connectivity index (χ2v) is 4.72. The maximum absolute atomic E-state index is 5.97. The first-order valence-electron chi connectivity index (χ1n) is 6.31. The molecule has 0 radical (unpaired) electrons. The van der Waals surface area contributed by atoms with Crippen molar-refractivity contribution in [1.82, 2.24) is 0 Å². The van der Waals surface area contributed by atoms with Gasteiger partial charge in [0.2, 0.25) is 0 Å². The summed E-state index contributed by atoms with van der Waals surface area (Å²) in [6, 6.07) is 5.96. The average Bonchev–Trinajstić information content (AvgIpc) is 2.82. The molecule has 3 nitrogen and oxygen atoms in total. The van der Waals surface area contributed by atoms with Gasteiger partial charge in [0.15, 0.2) is 11.5 Å². The molecule has 1 aromatic carbocycles. The lowest BCUT2D eigenvalue weighted by Crippen LogP contribution is -2.12. The summed E-state index contributed by atoms with van der Waals surface area (Å²) >= 11 is 0. The van der Waals surface area contributed by atoms with Crippen molar-refractivity contribution < 1.29 is 9.47 Å². The standard InChI is InChI=1S/C14H21NO2/c1-10(15)11-7-8-13(14(9-11)16-2)17-12-5-3-4-6-12/h7-10,12H,3-6,15H2,1-2H3/t10-/m0/s1. The molecule has 17 heavy (non-hydrogen) atoms. The summed E-state index contributed by atoms with van der Waals surface area (Å²) < 4.78 is 11.3. The third-order valence-corrected chi connectivity index (χ3v) is 3.31. The van der Waals surface area contributed by atoms with E-state index in [2.05, 4.69) is 0 Å². The van der Waals surface area contributed by atoms with Gasteiger partial charge in [-0.25, -0.2) is 0 Å². The van der Waals surface area contributed by atoms with Crippen LogP contribution >= 0.6 is 0 Å². The molecule has 0 saturated heterocycles. The fourth-order valence-corrected chi connectivity index (χ4v) is 2.25. The Labute approximate surface area is 103 Å². The quantitative estimate of drug-likeness (QED) is 0.872. The molecule has 1 aromatic rings. The first kappa shape index (κ1) is 12.2. The third-order valence-electron chi connectivity index (χ3n) is 3.31. The Hall–Kier alpha value is -1.22. The maximum atomic E-state index is 5.97. The monoisotopic (exact) mass is 235 g/mol. The summed E-state index contributed by atoms with van der Waals surface area (Å²) in [5.74, 6) is 1.62. The van der Waals surface area contributed by atoms with Crippen molar-refractivity contribution in [3.05, 3.63) is 23.8 Å². The molecule has 1 saturated carbocycles. The molecule has 0 amide bonds. The molecule has 0 bridgehead atoms. The Kier molecular flexibility index (Phi) is 3.89. The Morgan fingerprint density at radius 2 is 1.94 bits per heavy atom. The third kappa shape index (κ3) is 2.91. The van der Waals surface area contributed by atoms with E-state index in [0.717, 1.165) is 29.9 Å². The number of benzene rings is 1. The first-order chi connectivity index (χ1) is 8.20. The van der Waals surface area contributed by atoms with E-state index in [1.54, 1.807) is 7.11 Å². The van der Waals surface area contributed by atoms with E-state index < -0.39 is 0 Å². The molecule has 0 aromatic heterocycles. The van der Waals surface area contributed by atoms with Crippen LogP contribution in [0.5, 0.6) is 11.5 Å². The van der Waals surface area contributed by atoms with Crippen molar-refractivity contribution in [2.24, 2.45) is 5.73 Å². The highest BCUT2D eigenvalue weighted by atomic mass is 16.5. The summed E-state index contributed by atoms with van der Waals surface area (Å²) in [7, 11) is 1.67. The minimum absolute atomic E-state index is 0.0180. The molecule has 0 spiro atoms. The van der Waals surface area contributed by atoms with Crippen LogP contribution in [0.1, 0.15) is 44.2 Å². The van der Waals surface area contributed by atoms with E-state index in [1.807, 2.05) is 25.1 Å². The zero-order valence-corrected chi connectivity index (χ0v) is 10.6. The van der Waals surface area contributed by atoms with E-state index in [-0.39, 0.29) is 6.04 Å². The summed E-state index contributed by atoms with van der Waals surface area (Å²) in [5, 5.41) is 0. The van der Waals surface area contributed by atoms with Crippen LogP contribution in [0.2, 0.25) is 0 Å². The highest BCUT2D eigenvalue weighted by molar-refractivity contribution is 5.43. The summed E-state index contributed by atoms with van der Waals surface area (Å²) in [5.41, 5.74) is 6.92. The van der Waals surface area contributed by atoms with Crippen molar-refractivity contribution in [2.45, 2.75) is 44.8 Å². The van der Waals surface area contributed by atoms with Gasteiger partial charge in [0.25, 0.3) is 0 Å². The lowest BCUT2D eigenvalue weighted by atomic mass is 10.1. The van der Waals surface area contributed by atoms with Crippen LogP contribution in [0, 0.1) is 0 Å². The maximum Gasteiger partial charge on any atom is 0.161 e. The molecule has 1 fully saturated rings. The van der Waals surface area contributed by atoms with Crippen LogP contribution in [0.25, 0.3) is 0 Å². The molecule has 1 aliphatic rings. The fourth-order valence-electron chi connectivity index (χ4n) is 2.25. The van der Waals surface area contributed by atoms with E-state index in [4.69, 9.17) is 15.2 Å². The average molecular weight is 235 g/mol. The number of ether oxygens (including phenoxy) is 2. The van der Waals surface area contributed by atoms with Gasteiger partial charge in [-0.05, 0) is 50.3 Å². The van der Waals surface area contributed by atoms with Crippen molar-refractivity contribution in [3.8, 4) is 11.5 Å². The Bertz CT molecular complexity index is 370. The minimum Gasteiger partial charge on any atom is -0.493 e. The lowest BCUT2D eigenvalue weighted by molar-refractivity contribution is 0.200. The molecule has 3 heteroatoms. The van der Waals surface area contributed by atoms with Crippen LogP contribution in [0.4, 0.5) is 0 Å². The van der Waals surface area contributed by atoms with Gasteiger partial charge in [-0.1, -0.05) is 6.07 Å². The second-order valence-electron chi connectivity index (χ2n) is 4.72. The minimum atomic E-state index is 0.0180. The van der Waals surface area contributed by atoms with E-state index >= 15 is 0 Å². The molecule has 0 heterocycles. The normalized spacial score (nSPS) is 18.1. The van der Waals surface area contributed by atoms with Crippen LogP contribution in [0.3, 0.4) is 0 Å². The molecule has 0 aliphatic heterocycles. The predicted octanol–water partition coefficient (Wildman–Crippen LogP) is 3.04. The lowest BCUT2D eigenvalue weighted by Gasteiger charge is -2.17. The van der Waals surface area contributed by atoms with Gasteiger partial charge in [0.05, 0.1) is 13.2 Å². The highest BCUT2D eigenvalue weighted by Gasteiger charge is 2.18. The molecule has 2 N–H and O–H groups in total. The van der Waals surface area contributed by atoms with Gasteiger partial charge in [-0.15, -0.1) is 0 Å². The van der Waals surface area contributed by atoms with Crippen molar-refractivity contribution >= 4 is 0 Å². The van der Waals surface area contributed by atoms with Crippen molar-refractivity contribution in [1.29, 1.82) is 0 Å². The van der Waals surface area contributed by atoms with Crippen LogP contribution < -0.4 is 15.2 Å². The Morgan fingerprint density at radius 3 is 2.53 bits per heavy atom. The molecular formula is C14H21NO2. The van der Waals surface area contributed by atoms with E-state index in [9.17, 15) is 0 Å². The molecule has 1 aliphatic carbocycles. The van der Waals surface area contributed by atoms with E-state index in [0.29, 0.717) is 6.10 Å². The number of hydrogen-bond donors (Lipinski definition) is 1. The van der Waals surface area contributed by atoms with Gasteiger partial charge in [-0.2, -0.15) is 0 Å². The van der Waals surface area contributed by atoms with Crippen LogP contribution in [-0.2, 0) is 0 Å². The molecule has 1 atom stereocenters. The number of hydrogen-bond acceptors (Lipinski definition) is 3. The van der Waals surface area contributed by atoms with Gasteiger partial charge in [0.1, 0.15) is 0 Å². The number of methoxy groups -OCH3 is 1. The van der Waals surface area contributed by atoms with Crippen molar-refractivity contribution in [2.75, 3.05) is 7.11 Å². The Morgan fingerprint density at radius 1 is 1.24 bits per heavy atom. The van der Waals surface area contributed by atoms with E-state index in [1.165, 1.54) is 12.8 Å². The van der Waals surface area contributed by atoms with Gasteiger partial charge in [-0.3, -0.25) is 0 Å². The molecule has 0 unspecified atom stereocenters. The number of rotatable bonds is 4.